The van der Waals surface area contributed by atoms with Gasteiger partial charge < -0.3 is 4.74 Å². The first kappa shape index (κ1) is 23.2. The average Bonchev–Trinajstić information content (AvgIpc) is 2.67. The molecule has 0 radical (unpaired) electrons. The summed E-state index contributed by atoms with van der Waals surface area (Å²) < 4.78 is 5.36. The fourth-order valence-corrected chi connectivity index (χ4v) is 3.56. The second-order valence-electron chi connectivity index (χ2n) is 7.24. The number of carbonyl (C=O) groups excluding carboxylic acids is 1. The van der Waals surface area contributed by atoms with Crippen molar-refractivity contribution in [3.8, 4) is 0 Å². The SMILES string of the molecule is CCCCCCCCCCCCCCC(Br)C(=O)OCc1ccccc1. The molecule has 0 aromatic heterocycles. The lowest BCUT2D eigenvalue weighted by molar-refractivity contribution is -0.144. The Morgan fingerprint density at radius 2 is 1.35 bits per heavy atom. The Labute approximate surface area is 169 Å². The third-order valence-electron chi connectivity index (χ3n) is 4.79. The molecule has 0 spiro atoms. The number of unbranched alkanes of at least 4 members (excludes halogenated alkanes) is 11. The molecule has 2 nitrogen and oxygen atoms in total. The van der Waals surface area contributed by atoms with Crippen LogP contribution in [-0.4, -0.2) is 10.8 Å². The van der Waals surface area contributed by atoms with Crippen molar-refractivity contribution in [1.29, 1.82) is 0 Å². The Balaban J connectivity index is 1.90. The second-order valence-corrected chi connectivity index (χ2v) is 8.34. The molecule has 0 amide bonds. The van der Waals surface area contributed by atoms with Gasteiger partial charge in [-0.25, -0.2) is 0 Å². The van der Waals surface area contributed by atoms with Crippen LogP contribution in [0.2, 0.25) is 0 Å². The number of hydrogen-bond acceptors (Lipinski definition) is 2. The minimum Gasteiger partial charge on any atom is -0.460 e. The largest absolute Gasteiger partial charge is 0.460 e. The Morgan fingerprint density at radius 1 is 0.846 bits per heavy atom. The number of halogens is 1. The van der Waals surface area contributed by atoms with Crippen LogP contribution in [0.3, 0.4) is 0 Å². The molecule has 0 heterocycles. The molecule has 0 N–H and O–H groups in total. The van der Waals surface area contributed by atoms with Crippen molar-refractivity contribution in [1.82, 2.24) is 0 Å². The molecule has 0 aliphatic carbocycles. The summed E-state index contributed by atoms with van der Waals surface area (Å²) in [6.07, 6.45) is 16.9. The van der Waals surface area contributed by atoms with Crippen LogP contribution in [0.1, 0.15) is 96.0 Å². The monoisotopic (exact) mass is 424 g/mol. The van der Waals surface area contributed by atoms with Gasteiger partial charge in [0, 0.05) is 0 Å². The molecular formula is C23H37BrO2. The third-order valence-corrected chi connectivity index (χ3v) is 5.62. The fourth-order valence-electron chi connectivity index (χ4n) is 3.10. The zero-order valence-electron chi connectivity index (χ0n) is 16.6. The van der Waals surface area contributed by atoms with Crippen LogP contribution >= 0.6 is 15.9 Å². The zero-order chi connectivity index (χ0) is 18.9. The van der Waals surface area contributed by atoms with Gasteiger partial charge in [-0.1, -0.05) is 130 Å². The summed E-state index contributed by atoms with van der Waals surface area (Å²) in [7, 11) is 0. The highest BCUT2D eigenvalue weighted by Gasteiger charge is 2.15. The molecule has 0 aliphatic heterocycles. The minimum atomic E-state index is -0.172. The number of ether oxygens (including phenoxy) is 1. The van der Waals surface area contributed by atoms with E-state index < -0.39 is 0 Å². The summed E-state index contributed by atoms with van der Waals surface area (Å²) in [5.74, 6) is -0.142. The first-order valence-corrected chi connectivity index (χ1v) is 11.5. The summed E-state index contributed by atoms with van der Waals surface area (Å²) in [4.78, 5) is 11.8. The van der Waals surface area contributed by atoms with Crippen LogP contribution in [0.15, 0.2) is 30.3 Å². The summed E-state index contributed by atoms with van der Waals surface area (Å²) in [6, 6.07) is 9.83. The molecule has 1 rings (SSSR count). The van der Waals surface area contributed by atoms with Crippen LogP contribution in [0.25, 0.3) is 0 Å². The van der Waals surface area contributed by atoms with Gasteiger partial charge in [0.25, 0.3) is 0 Å². The minimum absolute atomic E-state index is 0.142. The quantitative estimate of drug-likeness (QED) is 0.155. The normalized spacial score (nSPS) is 12.1. The van der Waals surface area contributed by atoms with Gasteiger partial charge in [-0.2, -0.15) is 0 Å². The predicted octanol–water partition coefficient (Wildman–Crippen LogP) is 7.58. The number of esters is 1. The van der Waals surface area contributed by atoms with Crippen LogP contribution in [-0.2, 0) is 16.1 Å². The molecular weight excluding hydrogens is 388 g/mol. The highest BCUT2D eigenvalue weighted by atomic mass is 79.9. The van der Waals surface area contributed by atoms with Gasteiger partial charge in [0.1, 0.15) is 11.4 Å². The van der Waals surface area contributed by atoms with Crippen LogP contribution in [0.5, 0.6) is 0 Å². The van der Waals surface area contributed by atoms with E-state index in [1.165, 1.54) is 70.6 Å². The lowest BCUT2D eigenvalue weighted by Gasteiger charge is -2.10. The Morgan fingerprint density at radius 3 is 1.88 bits per heavy atom. The van der Waals surface area contributed by atoms with Gasteiger partial charge in [0.2, 0.25) is 0 Å². The Kier molecular flexibility index (Phi) is 14.6. The van der Waals surface area contributed by atoms with Crippen molar-refractivity contribution in [2.45, 2.75) is 102 Å². The van der Waals surface area contributed by atoms with Crippen LogP contribution < -0.4 is 0 Å². The van der Waals surface area contributed by atoms with Gasteiger partial charge in [-0.15, -0.1) is 0 Å². The van der Waals surface area contributed by atoms with Crippen LogP contribution in [0.4, 0.5) is 0 Å². The topological polar surface area (TPSA) is 26.3 Å². The van der Waals surface area contributed by atoms with Crippen molar-refractivity contribution in [2.75, 3.05) is 0 Å². The first-order valence-electron chi connectivity index (χ1n) is 10.6. The van der Waals surface area contributed by atoms with E-state index in [0.717, 1.165) is 18.4 Å². The van der Waals surface area contributed by atoms with Gasteiger partial charge >= 0.3 is 5.97 Å². The lowest BCUT2D eigenvalue weighted by atomic mass is 10.0. The smallest absolute Gasteiger partial charge is 0.320 e. The fraction of sp³-hybridized carbons (Fsp3) is 0.696. The van der Waals surface area contributed by atoms with Crippen molar-refractivity contribution in [3.63, 3.8) is 0 Å². The average molecular weight is 425 g/mol. The Hall–Kier alpha value is -0.830. The maximum Gasteiger partial charge on any atom is 0.320 e. The summed E-state index contributed by atoms with van der Waals surface area (Å²) in [6.45, 7) is 2.63. The highest BCUT2D eigenvalue weighted by molar-refractivity contribution is 9.10. The number of benzene rings is 1. The Bertz CT molecular complexity index is 447. The standard InChI is InChI=1S/C23H37BrO2/c1-2-3-4-5-6-7-8-9-10-11-12-16-19-22(24)23(25)26-20-21-17-14-13-15-18-21/h13-15,17-18,22H,2-12,16,19-20H2,1H3. The van der Waals surface area contributed by atoms with E-state index in [9.17, 15) is 4.79 Å². The molecule has 1 aromatic rings. The van der Waals surface area contributed by atoms with E-state index in [1.54, 1.807) is 0 Å². The second kappa shape index (κ2) is 16.4. The van der Waals surface area contributed by atoms with Gasteiger partial charge in [0.05, 0.1) is 0 Å². The van der Waals surface area contributed by atoms with Crippen LogP contribution in [0, 0.1) is 0 Å². The van der Waals surface area contributed by atoms with E-state index in [0.29, 0.717) is 6.61 Å². The van der Waals surface area contributed by atoms with Crippen molar-refractivity contribution in [3.05, 3.63) is 35.9 Å². The van der Waals surface area contributed by atoms with Crippen molar-refractivity contribution in [2.24, 2.45) is 0 Å². The molecule has 1 aromatic carbocycles. The van der Waals surface area contributed by atoms with E-state index >= 15 is 0 Å². The van der Waals surface area contributed by atoms with E-state index in [-0.39, 0.29) is 10.8 Å². The number of hydrogen-bond donors (Lipinski definition) is 0. The molecule has 1 atom stereocenters. The van der Waals surface area contributed by atoms with Gasteiger partial charge in [0.15, 0.2) is 0 Å². The highest BCUT2D eigenvalue weighted by Crippen LogP contribution is 2.16. The molecule has 0 bridgehead atoms. The summed E-state index contributed by atoms with van der Waals surface area (Å²) >= 11 is 3.47. The van der Waals surface area contributed by atoms with E-state index in [4.69, 9.17) is 4.74 Å². The van der Waals surface area contributed by atoms with E-state index in [2.05, 4.69) is 22.9 Å². The lowest BCUT2D eigenvalue weighted by Crippen LogP contribution is -2.17. The summed E-state index contributed by atoms with van der Waals surface area (Å²) in [5, 5.41) is 0. The number of rotatable bonds is 16. The predicted molar refractivity (Wildman–Crippen MR) is 115 cm³/mol. The van der Waals surface area contributed by atoms with Crippen molar-refractivity contribution < 1.29 is 9.53 Å². The molecule has 0 saturated heterocycles. The molecule has 0 aliphatic rings. The summed E-state index contributed by atoms with van der Waals surface area (Å²) in [5.41, 5.74) is 1.03. The van der Waals surface area contributed by atoms with E-state index in [1.807, 2.05) is 30.3 Å². The maximum atomic E-state index is 12.0. The number of carbonyl (C=O) groups is 1. The molecule has 3 heteroatoms. The molecule has 1 unspecified atom stereocenters. The zero-order valence-corrected chi connectivity index (χ0v) is 18.1. The molecule has 0 saturated carbocycles. The molecule has 148 valence electrons. The number of alkyl halides is 1. The van der Waals surface area contributed by atoms with Gasteiger partial charge in [-0.05, 0) is 12.0 Å². The van der Waals surface area contributed by atoms with Gasteiger partial charge in [-0.3, -0.25) is 4.79 Å². The first-order chi connectivity index (χ1) is 12.7. The molecule has 0 fully saturated rings. The maximum absolute atomic E-state index is 12.0. The third kappa shape index (κ3) is 12.5. The molecule has 26 heavy (non-hydrogen) atoms. The van der Waals surface area contributed by atoms with Crippen molar-refractivity contribution >= 4 is 21.9 Å².